The van der Waals surface area contributed by atoms with Crippen molar-refractivity contribution in [2.24, 2.45) is 0 Å². The summed E-state index contributed by atoms with van der Waals surface area (Å²) in [6, 6.07) is 10.5. The number of allylic oxidation sites excluding steroid dienone is 1. The first kappa shape index (κ1) is 24.9. The quantitative estimate of drug-likeness (QED) is 0.312. The van der Waals surface area contributed by atoms with Gasteiger partial charge in [-0.1, -0.05) is 41.6 Å². The van der Waals surface area contributed by atoms with Gasteiger partial charge in [-0.05, 0) is 37.3 Å². The Morgan fingerprint density at radius 3 is 2.77 bits per heavy atom. The molecule has 3 aromatic rings. The predicted molar refractivity (Wildman–Crippen MR) is 126 cm³/mol. The van der Waals surface area contributed by atoms with Crippen LogP contribution in [0.25, 0.3) is 0 Å². The first-order valence-corrected chi connectivity index (χ1v) is 11.7. The van der Waals surface area contributed by atoms with Crippen LogP contribution in [0.1, 0.15) is 24.4 Å². The van der Waals surface area contributed by atoms with Crippen LogP contribution in [0.5, 0.6) is 11.5 Å². The Morgan fingerprint density at radius 2 is 2.06 bits per heavy atom. The minimum atomic E-state index is -4.64. The van der Waals surface area contributed by atoms with Crippen LogP contribution in [0.3, 0.4) is 0 Å². The van der Waals surface area contributed by atoms with Crippen LogP contribution in [-0.4, -0.2) is 32.5 Å². The smallest absolute Gasteiger partial charge is 0.417 e. The SMILES string of the molecule is C=CCn1c(S[C@H](C)C(=O)Nc2ccc(Cl)c(C(F)(F)F)c2)nnc1[C@H]1COc2ccccc2O1. The van der Waals surface area contributed by atoms with E-state index in [1.54, 1.807) is 29.7 Å². The van der Waals surface area contributed by atoms with Gasteiger partial charge in [0, 0.05) is 12.2 Å². The molecular formula is C23H20ClF3N4O3S. The highest BCUT2D eigenvalue weighted by Gasteiger charge is 2.34. The number of hydrogen-bond donors (Lipinski definition) is 1. The van der Waals surface area contributed by atoms with E-state index in [1.807, 2.05) is 12.1 Å². The molecule has 0 saturated carbocycles. The lowest BCUT2D eigenvalue weighted by molar-refractivity contribution is -0.137. The van der Waals surface area contributed by atoms with Gasteiger partial charge in [-0.2, -0.15) is 13.2 Å². The third-order valence-corrected chi connectivity index (χ3v) is 6.45. The second-order valence-corrected chi connectivity index (χ2v) is 9.26. The number of thioether (sulfide) groups is 1. The minimum absolute atomic E-state index is 0.0150. The van der Waals surface area contributed by atoms with Crippen LogP contribution in [0, 0.1) is 0 Å². The molecule has 0 fully saturated rings. The average molecular weight is 525 g/mol. The van der Waals surface area contributed by atoms with E-state index in [0.717, 1.165) is 23.9 Å². The lowest BCUT2D eigenvalue weighted by atomic mass is 10.2. The number of rotatable bonds is 7. The van der Waals surface area contributed by atoms with Crippen LogP contribution >= 0.6 is 23.4 Å². The van der Waals surface area contributed by atoms with E-state index in [4.69, 9.17) is 21.1 Å². The Morgan fingerprint density at radius 1 is 1.31 bits per heavy atom. The third-order valence-electron chi connectivity index (χ3n) is 5.04. The van der Waals surface area contributed by atoms with Gasteiger partial charge in [0.2, 0.25) is 5.91 Å². The van der Waals surface area contributed by atoms with Crippen molar-refractivity contribution >= 4 is 35.0 Å². The number of carbonyl (C=O) groups is 1. The maximum absolute atomic E-state index is 13.1. The molecule has 0 aliphatic carbocycles. The van der Waals surface area contributed by atoms with Gasteiger partial charge in [-0.25, -0.2) is 0 Å². The maximum atomic E-state index is 13.1. The number of hydrogen-bond acceptors (Lipinski definition) is 6. The summed E-state index contributed by atoms with van der Waals surface area (Å²) in [5.74, 6) is 1.21. The molecule has 2 heterocycles. The number of para-hydroxylation sites is 2. The number of benzene rings is 2. The molecule has 7 nitrogen and oxygen atoms in total. The number of amides is 1. The molecule has 35 heavy (non-hydrogen) atoms. The monoisotopic (exact) mass is 524 g/mol. The Labute approximate surface area is 208 Å². The van der Waals surface area contributed by atoms with E-state index in [2.05, 4.69) is 22.1 Å². The first-order valence-electron chi connectivity index (χ1n) is 10.4. The fourth-order valence-corrected chi connectivity index (χ4v) is 4.44. The van der Waals surface area contributed by atoms with Gasteiger partial charge < -0.3 is 14.8 Å². The molecule has 1 aliphatic rings. The van der Waals surface area contributed by atoms with Crippen LogP contribution in [0.4, 0.5) is 18.9 Å². The van der Waals surface area contributed by atoms with Crippen molar-refractivity contribution in [3.05, 3.63) is 71.5 Å². The summed E-state index contributed by atoms with van der Waals surface area (Å²) in [5, 5.41) is 10.2. The number of nitrogens with zero attached hydrogens (tertiary/aromatic N) is 3. The summed E-state index contributed by atoms with van der Waals surface area (Å²) >= 11 is 6.75. The highest BCUT2D eigenvalue weighted by atomic mass is 35.5. The van der Waals surface area contributed by atoms with Crippen molar-refractivity contribution in [2.45, 2.75) is 36.2 Å². The summed E-state index contributed by atoms with van der Waals surface area (Å²) in [7, 11) is 0. The summed E-state index contributed by atoms with van der Waals surface area (Å²) in [6.45, 7) is 5.96. The van der Waals surface area contributed by atoms with Crippen molar-refractivity contribution in [1.82, 2.24) is 14.8 Å². The highest BCUT2D eigenvalue weighted by Crippen LogP contribution is 2.38. The van der Waals surface area contributed by atoms with Gasteiger partial charge in [0.05, 0.1) is 15.8 Å². The van der Waals surface area contributed by atoms with Gasteiger partial charge >= 0.3 is 6.18 Å². The van der Waals surface area contributed by atoms with Gasteiger partial charge in [0.1, 0.15) is 6.61 Å². The molecule has 0 bridgehead atoms. The zero-order chi connectivity index (χ0) is 25.2. The van der Waals surface area contributed by atoms with Crippen LogP contribution < -0.4 is 14.8 Å². The molecule has 0 saturated heterocycles. The maximum Gasteiger partial charge on any atom is 0.417 e. The van der Waals surface area contributed by atoms with E-state index in [-0.39, 0.29) is 12.3 Å². The van der Waals surface area contributed by atoms with Crippen LogP contribution in [0.15, 0.2) is 60.3 Å². The van der Waals surface area contributed by atoms with Crippen molar-refractivity contribution in [3.63, 3.8) is 0 Å². The second-order valence-electron chi connectivity index (χ2n) is 7.55. The number of fused-ring (bicyclic) bond motifs is 1. The topological polar surface area (TPSA) is 78.3 Å². The van der Waals surface area contributed by atoms with Crippen molar-refractivity contribution in [3.8, 4) is 11.5 Å². The number of aromatic nitrogens is 3. The molecule has 0 radical (unpaired) electrons. The molecule has 1 aromatic heterocycles. The summed E-state index contributed by atoms with van der Waals surface area (Å²) < 4.78 is 52.9. The lowest BCUT2D eigenvalue weighted by Crippen LogP contribution is -2.25. The fraction of sp³-hybridized carbons (Fsp3) is 0.261. The lowest BCUT2D eigenvalue weighted by Gasteiger charge is -2.26. The summed E-state index contributed by atoms with van der Waals surface area (Å²) in [5.41, 5.74) is -1.04. The summed E-state index contributed by atoms with van der Waals surface area (Å²) in [6.07, 6.45) is -3.50. The Bertz CT molecular complexity index is 1250. The van der Waals surface area contributed by atoms with E-state index < -0.39 is 34.0 Å². The number of nitrogens with one attached hydrogen (secondary N) is 1. The summed E-state index contributed by atoms with van der Waals surface area (Å²) in [4.78, 5) is 12.7. The van der Waals surface area contributed by atoms with Gasteiger partial charge in [0.25, 0.3) is 0 Å². The molecule has 1 N–H and O–H groups in total. The molecule has 0 unspecified atom stereocenters. The number of halogens is 4. The van der Waals surface area contributed by atoms with Crippen LogP contribution in [-0.2, 0) is 17.5 Å². The second kappa shape index (κ2) is 10.2. The normalized spacial score (nSPS) is 16.0. The number of anilines is 1. The van der Waals surface area contributed by atoms with Gasteiger partial charge in [0.15, 0.2) is 28.6 Å². The predicted octanol–water partition coefficient (Wildman–Crippen LogP) is 5.77. The van der Waals surface area contributed by atoms with Crippen LogP contribution in [0.2, 0.25) is 5.02 Å². The molecule has 4 rings (SSSR count). The molecule has 2 aromatic carbocycles. The first-order chi connectivity index (χ1) is 16.7. The molecule has 1 aliphatic heterocycles. The zero-order valence-corrected chi connectivity index (χ0v) is 20.0. The standard InChI is InChI=1S/C23H20ClF3N4O3S/c1-3-10-31-20(19-12-33-17-6-4-5-7-18(17)34-19)29-30-22(31)35-13(2)21(32)28-14-8-9-16(24)15(11-14)23(25,26)27/h3-9,11,13,19H,1,10,12H2,2H3,(H,28,32)/t13-,19-/m1/s1. The number of alkyl halides is 3. The highest BCUT2D eigenvalue weighted by molar-refractivity contribution is 8.00. The molecule has 0 spiro atoms. The Hall–Kier alpha value is -3.18. The third kappa shape index (κ3) is 5.57. The molecule has 1 amide bonds. The average Bonchev–Trinajstić information content (AvgIpc) is 3.21. The van der Waals surface area contributed by atoms with Crippen molar-refractivity contribution in [2.75, 3.05) is 11.9 Å². The number of carbonyl (C=O) groups excluding carboxylic acids is 1. The fourth-order valence-electron chi connectivity index (χ4n) is 3.35. The Balaban J connectivity index is 1.49. The zero-order valence-electron chi connectivity index (χ0n) is 18.4. The number of ether oxygens (including phenoxy) is 2. The van der Waals surface area contributed by atoms with E-state index in [0.29, 0.717) is 29.0 Å². The Kier molecular flexibility index (Phi) is 7.27. The molecule has 2 atom stereocenters. The largest absolute Gasteiger partial charge is 0.485 e. The molecule has 12 heteroatoms. The van der Waals surface area contributed by atoms with Crippen molar-refractivity contribution in [1.29, 1.82) is 0 Å². The van der Waals surface area contributed by atoms with E-state index in [9.17, 15) is 18.0 Å². The van der Waals surface area contributed by atoms with Gasteiger partial charge in [-0.3, -0.25) is 9.36 Å². The van der Waals surface area contributed by atoms with E-state index >= 15 is 0 Å². The van der Waals surface area contributed by atoms with Gasteiger partial charge in [-0.15, -0.1) is 16.8 Å². The minimum Gasteiger partial charge on any atom is -0.485 e. The molecule has 184 valence electrons. The van der Waals surface area contributed by atoms with E-state index in [1.165, 1.54) is 6.07 Å². The van der Waals surface area contributed by atoms with Crippen molar-refractivity contribution < 1.29 is 27.4 Å². The molecular weight excluding hydrogens is 505 g/mol.